The Hall–Kier alpha value is -1.14. The molecule has 6 nitrogen and oxygen atoms in total. The van der Waals surface area contributed by atoms with Gasteiger partial charge in [0.25, 0.3) is 0 Å². The summed E-state index contributed by atoms with van der Waals surface area (Å²) in [4.78, 5) is 22.6. The second kappa shape index (κ2) is 6.86. The summed E-state index contributed by atoms with van der Waals surface area (Å²) in [7, 11) is 0. The first-order valence-corrected chi connectivity index (χ1v) is 6.77. The quantitative estimate of drug-likeness (QED) is 0.547. The molecule has 0 heterocycles. The van der Waals surface area contributed by atoms with Crippen LogP contribution in [0.1, 0.15) is 39.0 Å². The van der Waals surface area contributed by atoms with Crippen molar-refractivity contribution < 1.29 is 19.8 Å². The van der Waals surface area contributed by atoms with E-state index in [0.29, 0.717) is 6.54 Å². The number of rotatable bonds is 6. The Morgan fingerprint density at radius 3 is 2.58 bits per heavy atom. The zero-order valence-corrected chi connectivity index (χ0v) is 11.4. The lowest BCUT2D eigenvalue weighted by Crippen LogP contribution is -2.46. The van der Waals surface area contributed by atoms with Crippen molar-refractivity contribution in [1.82, 2.24) is 5.32 Å². The van der Waals surface area contributed by atoms with Gasteiger partial charge in [0.1, 0.15) is 0 Å². The molecule has 0 radical (unpaired) electrons. The number of nitrogens with one attached hydrogen (secondary N) is 1. The smallest absolute Gasteiger partial charge is 0.306 e. The van der Waals surface area contributed by atoms with Crippen molar-refractivity contribution in [2.24, 2.45) is 17.6 Å². The Morgan fingerprint density at radius 2 is 2.00 bits per heavy atom. The number of carboxylic acids is 1. The van der Waals surface area contributed by atoms with Gasteiger partial charge in [-0.3, -0.25) is 9.59 Å². The SMILES string of the molecule is CC(O)(CNC(=O)C1CCCCC1CN)CC(=O)O. The van der Waals surface area contributed by atoms with Gasteiger partial charge in [0, 0.05) is 12.5 Å². The van der Waals surface area contributed by atoms with E-state index >= 15 is 0 Å². The molecule has 1 fully saturated rings. The number of nitrogens with two attached hydrogens (primary N) is 1. The van der Waals surface area contributed by atoms with Gasteiger partial charge in [0.2, 0.25) is 5.91 Å². The topological polar surface area (TPSA) is 113 Å². The zero-order chi connectivity index (χ0) is 14.5. The Bertz CT molecular complexity index is 331. The Kier molecular flexibility index (Phi) is 5.75. The number of aliphatic hydroxyl groups is 1. The highest BCUT2D eigenvalue weighted by molar-refractivity contribution is 5.79. The van der Waals surface area contributed by atoms with E-state index in [1.54, 1.807) is 0 Å². The van der Waals surface area contributed by atoms with E-state index in [0.717, 1.165) is 25.7 Å². The fourth-order valence-corrected chi connectivity index (χ4v) is 2.63. The number of carbonyl (C=O) groups excluding carboxylic acids is 1. The van der Waals surface area contributed by atoms with Gasteiger partial charge in [0.05, 0.1) is 12.0 Å². The van der Waals surface area contributed by atoms with E-state index in [-0.39, 0.29) is 24.3 Å². The third kappa shape index (κ3) is 5.16. The highest BCUT2D eigenvalue weighted by atomic mass is 16.4. The molecule has 5 N–H and O–H groups in total. The van der Waals surface area contributed by atoms with Crippen LogP contribution in [0.25, 0.3) is 0 Å². The second-order valence-corrected chi connectivity index (χ2v) is 5.67. The first-order chi connectivity index (χ1) is 8.85. The molecular formula is C13H24N2O4. The summed E-state index contributed by atoms with van der Waals surface area (Å²) in [6.07, 6.45) is 3.50. The van der Waals surface area contributed by atoms with Crippen LogP contribution in [-0.4, -0.2) is 40.8 Å². The molecule has 1 saturated carbocycles. The fraction of sp³-hybridized carbons (Fsp3) is 0.846. The van der Waals surface area contributed by atoms with Crippen LogP contribution in [0.2, 0.25) is 0 Å². The van der Waals surface area contributed by atoms with Crippen LogP contribution in [0.4, 0.5) is 0 Å². The monoisotopic (exact) mass is 272 g/mol. The van der Waals surface area contributed by atoms with Crippen molar-refractivity contribution >= 4 is 11.9 Å². The van der Waals surface area contributed by atoms with Gasteiger partial charge in [0.15, 0.2) is 0 Å². The highest BCUT2D eigenvalue weighted by Gasteiger charge is 2.31. The van der Waals surface area contributed by atoms with Crippen LogP contribution in [0, 0.1) is 11.8 Å². The Labute approximate surface area is 113 Å². The number of aliphatic carboxylic acids is 1. The minimum Gasteiger partial charge on any atom is -0.481 e. The first-order valence-electron chi connectivity index (χ1n) is 6.77. The van der Waals surface area contributed by atoms with Crippen molar-refractivity contribution in [3.63, 3.8) is 0 Å². The molecule has 0 bridgehead atoms. The predicted molar refractivity (Wildman–Crippen MR) is 70.4 cm³/mol. The maximum absolute atomic E-state index is 12.1. The van der Waals surface area contributed by atoms with Crippen molar-refractivity contribution in [3.05, 3.63) is 0 Å². The summed E-state index contributed by atoms with van der Waals surface area (Å²) in [5, 5.41) is 21.1. The molecule has 1 aliphatic carbocycles. The average molecular weight is 272 g/mol. The van der Waals surface area contributed by atoms with E-state index in [1.807, 2.05) is 0 Å². The Balaban J connectivity index is 2.47. The van der Waals surface area contributed by atoms with E-state index in [2.05, 4.69) is 5.32 Å². The van der Waals surface area contributed by atoms with Crippen LogP contribution in [0.3, 0.4) is 0 Å². The summed E-state index contributed by atoms with van der Waals surface area (Å²) < 4.78 is 0. The molecule has 19 heavy (non-hydrogen) atoms. The summed E-state index contributed by atoms with van der Waals surface area (Å²) in [6.45, 7) is 1.85. The molecule has 3 unspecified atom stereocenters. The third-order valence-corrected chi connectivity index (χ3v) is 3.72. The van der Waals surface area contributed by atoms with Gasteiger partial charge >= 0.3 is 5.97 Å². The van der Waals surface area contributed by atoms with Gasteiger partial charge in [-0.05, 0) is 32.2 Å². The summed E-state index contributed by atoms with van der Waals surface area (Å²) in [5.74, 6) is -1.13. The molecular weight excluding hydrogens is 248 g/mol. The highest BCUT2D eigenvalue weighted by Crippen LogP contribution is 2.29. The standard InChI is InChI=1S/C13H24N2O4/c1-13(19,6-11(16)17)8-15-12(18)10-5-3-2-4-9(10)7-14/h9-10,19H,2-8,14H2,1H3,(H,15,18)(H,16,17). The number of hydrogen-bond donors (Lipinski definition) is 4. The lowest BCUT2D eigenvalue weighted by atomic mass is 9.78. The van der Waals surface area contributed by atoms with E-state index in [1.165, 1.54) is 6.92 Å². The molecule has 6 heteroatoms. The number of hydrogen-bond acceptors (Lipinski definition) is 4. The van der Waals surface area contributed by atoms with Crippen LogP contribution in [0.5, 0.6) is 0 Å². The molecule has 1 amide bonds. The maximum atomic E-state index is 12.1. The van der Waals surface area contributed by atoms with Gasteiger partial charge in [-0.25, -0.2) is 0 Å². The minimum atomic E-state index is -1.42. The molecule has 0 aromatic carbocycles. The maximum Gasteiger partial charge on any atom is 0.306 e. The van der Waals surface area contributed by atoms with Crippen molar-refractivity contribution in [2.45, 2.75) is 44.6 Å². The third-order valence-electron chi connectivity index (χ3n) is 3.72. The molecule has 0 saturated heterocycles. The fourth-order valence-electron chi connectivity index (χ4n) is 2.63. The largest absolute Gasteiger partial charge is 0.481 e. The Morgan fingerprint density at radius 1 is 1.37 bits per heavy atom. The lowest BCUT2D eigenvalue weighted by Gasteiger charge is -2.30. The predicted octanol–water partition coefficient (Wildman–Crippen LogP) is 0.0934. The normalized spacial score (nSPS) is 26.5. The number of carbonyl (C=O) groups is 2. The van der Waals surface area contributed by atoms with E-state index in [9.17, 15) is 14.7 Å². The zero-order valence-electron chi connectivity index (χ0n) is 11.4. The summed E-state index contributed by atoms with van der Waals surface area (Å²) in [5.41, 5.74) is 4.25. The van der Waals surface area contributed by atoms with Crippen molar-refractivity contribution in [1.29, 1.82) is 0 Å². The minimum absolute atomic E-state index is 0.0497. The second-order valence-electron chi connectivity index (χ2n) is 5.67. The van der Waals surface area contributed by atoms with Gasteiger partial charge in [-0.1, -0.05) is 12.8 Å². The first kappa shape index (κ1) is 15.9. The lowest BCUT2D eigenvalue weighted by molar-refractivity contribution is -0.142. The van der Waals surface area contributed by atoms with Crippen molar-refractivity contribution in [3.8, 4) is 0 Å². The molecule has 0 spiro atoms. The van der Waals surface area contributed by atoms with Gasteiger partial charge < -0.3 is 21.3 Å². The van der Waals surface area contributed by atoms with E-state index in [4.69, 9.17) is 10.8 Å². The van der Waals surface area contributed by atoms with Crippen LogP contribution in [0.15, 0.2) is 0 Å². The molecule has 3 atom stereocenters. The molecule has 0 aromatic heterocycles. The van der Waals surface area contributed by atoms with Crippen LogP contribution >= 0.6 is 0 Å². The number of carboxylic acid groups (broad SMARTS) is 1. The average Bonchev–Trinajstić information content (AvgIpc) is 2.34. The molecule has 0 aliphatic heterocycles. The van der Waals surface area contributed by atoms with Crippen LogP contribution in [-0.2, 0) is 9.59 Å². The van der Waals surface area contributed by atoms with Crippen molar-refractivity contribution in [2.75, 3.05) is 13.1 Å². The molecule has 1 rings (SSSR count). The molecule has 0 aromatic rings. The van der Waals surface area contributed by atoms with Gasteiger partial charge in [-0.15, -0.1) is 0 Å². The summed E-state index contributed by atoms with van der Waals surface area (Å²) >= 11 is 0. The van der Waals surface area contributed by atoms with E-state index < -0.39 is 18.0 Å². The summed E-state index contributed by atoms with van der Waals surface area (Å²) in [6, 6.07) is 0. The molecule has 1 aliphatic rings. The van der Waals surface area contributed by atoms with Gasteiger partial charge in [-0.2, -0.15) is 0 Å². The molecule has 110 valence electrons. The number of amides is 1. The van der Waals surface area contributed by atoms with Crippen LogP contribution < -0.4 is 11.1 Å².